The van der Waals surface area contributed by atoms with Crippen molar-refractivity contribution in [2.45, 2.75) is 38.7 Å². The fourth-order valence-electron chi connectivity index (χ4n) is 2.60. The zero-order chi connectivity index (χ0) is 8.55. The van der Waals surface area contributed by atoms with Crippen LogP contribution in [0.3, 0.4) is 0 Å². The third kappa shape index (κ3) is 4.51. The quantitative estimate of drug-likeness (QED) is 0.331. The van der Waals surface area contributed by atoms with Crippen LogP contribution in [0, 0.1) is 12.0 Å². The van der Waals surface area contributed by atoms with Crippen LogP contribution in [0.5, 0.6) is 0 Å². The fourth-order valence-corrected chi connectivity index (χ4v) is 3.70. The van der Waals surface area contributed by atoms with Crippen molar-refractivity contribution < 1.29 is 58.9 Å². The molecule has 90 valence electrons. The number of allylic oxidation sites excluding steroid dienone is 4. The molecular formula is C11H17Cl3SiTi. The van der Waals surface area contributed by atoms with Crippen LogP contribution in [0.25, 0.3) is 0 Å². The van der Waals surface area contributed by atoms with Crippen molar-refractivity contribution in [1.82, 2.24) is 0 Å². The Morgan fingerprint density at radius 2 is 1.75 bits per heavy atom. The maximum atomic E-state index is 3.58. The molecule has 0 amide bonds. The second-order valence-corrected chi connectivity index (χ2v) is 4.80. The third-order valence-electron chi connectivity index (χ3n) is 3.21. The summed E-state index contributed by atoms with van der Waals surface area (Å²) in [6.07, 6.45) is 9.07. The van der Waals surface area contributed by atoms with Gasteiger partial charge in [0.2, 0.25) is 0 Å². The Morgan fingerprint density at radius 1 is 1.19 bits per heavy atom. The molecule has 0 N–H and O–H groups in total. The summed E-state index contributed by atoms with van der Waals surface area (Å²) >= 11 is 0. The van der Waals surface area contributed by atoms with Gasteiger partial charge in [-0.25, -0.2) is 17.2 Å². The smallest absolute Gasteiger partial charge is 1.00 e. The summed E-state index contributed by atoms with van der Waals surface area (Å²) in [5.74, 6) is 0.826. The summed E-state index contributed by atoms with van der Waals surface area (Å²) in [4.78, 5) is 0. The van der Waals surface area contributed by atoms with Crippen LogP contribution in [0.15, 0.2) is 16.7 Å². The van der Waals surface area contributed by atoms with Crippen LogP contribution >= 0.6 is 0 Å². The Bertz CT molecular complexity index is 264. The fraction of sp³-hybridized carbons (Fsp3) is 0.636. The minimum absolute atomic E-state index is 0. The molecule has 0 fully saturated rings. The average molecular weight is 332 g/mol. The summed E-state index contributed by atoms with van der Waals surface area (Å²) in [6.45, 7) is 2.26. The largest absolute Gasteiger partial charge is 4.00 e. The van der Waals surface area contributed by atoms with Crippen LogP contribution in [0.4, 0.5) is 0 Å². The average Bonchev–Trinajstić information content (AvgIpc) is 2.40. The van der Waals surface area contributed by atoms with E-state index < -0.39 is 0 Å². The molecule has 1 atom stereocenters. The van der Waals surface area contributed by atoms with E-state index in [9.17, 15) is 0 Å². The second kappa shape index (κ2) is 10.2. The predicted molar refractivity (Wildman–Crippen MR) is 56.2 cm³/mol. The number of rotatable bonds is 1. The van der Waals surface area contributed by atoms with Gasteiger partial charge in [0.15, 0.2) is 0 Å². The van der Waals surface area contributed by atoms with E-state index in [0.29, 0.717) is 0 Å². The van der Waals surface area contributed by atoms with E-state index in [4.69, 9.17) is 0 Å². The topological polar surface area (TPSA) is 0 Å². The van der Waals surface area contributed by atoms with Crippen LogP contribution in [0.1, 0.15) is 32.6 Å². The Morgan fingerprint density at radius 3 is 2.31 bits per heavy atom. The van der Waals surface area contributed by atoms with Gasteiger partial charge in [-0.05, 0) is 0 Å². The van der Waals surface area contributed by atoms with Crippen molar-refractivity contribution in [3.05, 3.63) is 22.8 Å². The molecule has 2 aliphatic rings. The molecule has 0 aromatic rings. The predicted octanol–water partition coefficient (Wildman–Crippen LogP) is -6.97. The van der Waals surface area contributed by atoms with Gasteiger partial charge in [0, 0.05) is 10.2 Å². The van der Waals surface area contributed by atoms with Crippen LogP contribution in [-0.4, -0.2) is 10.2 Å². The second-order valence-electron chi connectivity index (χ2n) is 3.98. The minimum Gasteiger partial charge on any atom is -1.00 e. The molecule has 0 aromatic heterocycles. The molecule has 0 spiro atoms. The van der Waals surface area contributed by atoms with Crippen molar-refractivity contribution >= 4 is 10.2 Å². The Balaban J connectivity index is -0.000000422. The summed E-state index contributed by atoms with van der Waals surface area (Å²) < 4.78 is 0. The van der Waals surface area contributed by atoms with Gasteiger partial charge < -0.3 is 37.2 Å². The molecule has 0 radical (unpaired) electrons. The molecule has 0 saturated heterocycles. The van der Waals surface area contributed by atoms with Crippen molar-refractivity contribution in [3.8, 4) is 0 Å². The molecule has 2 aliphatic carbocycles. The standard InChI is InChI=1S/C11H17Si.3ClH.Ti/c1-8-6-9-4-2-3-5-10(9)11(8)7-12;;;;/h11H,2-5,7H2,1,12H3;3*1H;/q-1;;;;+4/p-3. The first-order valence-electron chi connectivity index (χ1n) is 5.15. The van der Waals surface area contributed by atoms with Gasteiger partial charge in [-0.1, -0.05) is 44.6 Å². The molecule has 0 nitrogen and oxygen atoms in total. The zero-order valence-corrected chi connectivity index (χ0v) is 15.6. The summed E-state index contributed by atoms with van der Waals surface area (Å²) in [7, 11) is 1.34. The Kier molecular flexibility index (Phi) is 14.4. The minimum atomic E-state index is 0. The van der Waals surface area contributed by atoms with E-state index in [2.05, 4.69) is 13.0 Å². The first-order valence-corrected chi connectivity index (χ1v) is 6.56. The van der Waals surface area contributed by atoms with Gasteiger partial charge in [-0.15, -0.1) is 0 Å². The van der Waals surface area contributed by atoms with Gasteiger partial charge in [-0.2, -0.15) is 5.57 Å². The molecule has 5 heteroatoms. The first kappa shape index (κ1) is 22.5. The molecule has 1 unspecified atom stereocenters. The van der Waals surface area contributed by atoms with E-state index in [0.717, 1.165) is 5.92 Å². The number of hydrogen-bond donors (Lipinski definition) is 0. The van der Waals surface area contributed by atoms with E-state index in [-0.39, 0.29) is 58.9 Å². The van der Waals surface area contributed by atoms with E-state index >= 15 is 0 Å². The molecule has 0 bridgehead atoms. The van der Waals surface area contributed by atoms with E-state index in [1.54, 1.807) is 11.1 Å². The summed E-state index contributed by atoms with van der Waals surface area (Å²) in [5.41, 5.74) is 4.87. The first-order chi connectivity index (χ1) is 5.83. The number of halogens is 3. The van der Waals surface area contributed by atoms with Crippen molar-refractivity contribution in [2.24, 2.45) is 5.92 Å². The summed E-state index contributed by atoms with van der Waals surface area (Å²) in [6, 6.07) is 1.41. The number of hydrogen-bond acceptors (Lipinski definition) is 0. The van der Waals surface area contributed by atoms with Gasteiger partial charge in [0.05, 0.1) is 0 Å². The van der Waals surface area contributed by atoms with Gasteiger partial charge in [-0.3, -0.25) is 0 Å². The van der Waals surface area contributed by atoms with Gasteiger partial charge >= 0.3 is 21.7 Å². The Hall–Kier alpha value is 1.28. The molecular weight excluding hydrogens is 314 g/mol. The third-order valence-corrected chi connectivity index (χ3v) is 4.03. The molecule has 0 saturated carbocycles. The van der Waals surface area contributed by atoms with Crippen molar-refractivity contribution in [3.63, 3.8) is 0 Å². The maximum absolute atomic E-state index is 3.58. The normalized spacial score (nSPS) is 21.8. The SMILES string of the molecule is CC1=[C-]C2=C(CCCC2)C1C[SiH3].[Cl-].[Cl-].[Cl-].[Ti+4]. The Labute approximate surface area is 136 Å². The summed E-state index contributed by atoms with van der Waals surface area (Å²) in [5, 5.41) is 0. The monoisotopic (exact) mass is 330 g/mol. The van der Waals surface area contributed by atoms with Crippen LogP contribution in [0.2, 0.25) is 6.04 Å². The van der Waals surface area contributed by atoms with Gasteiger partial charge in [0.25, 0.3) is 0 Å². The van der Waals surface area contributed by atoms with Gasteiger partial charge in [0.1, 0.15) is 0 Å². The maximum Gasteiger partial charge on any atom is 4.00 e. The van der Waals surface area contributed by atoms with Crippen LogP contribution < -0.4 is 37.2 Å². The molecule has 2 rings (SSSR count). The van der Waals surface area contributed by atoms with Crippen LogP contribution in [-0.2, 0) is 21.7 Å². The van der Waals surface area contributed by atoms with Crippen molar-refractivity contribution in [2.75, 3.05) is 0 Å². The molecule has 0 heterocycles. The zero-order valence-electron chi connectivity index (χ0n) is 9.75. The molecule has 0 aliphatic heterocycles. The van der Waals surface area contributed by atoms with Crippen molar-refractivity contribution in [1.29, 1.82) is 0 Å². The van der Waals surface area contributed by atoms with E-state index in [1.807, 2.05) is 0 Å². The molecule has 0 aromatic carbocycles. The van der Waals surface area contributed by atoms with E-state index in [1.165, 1.54) is 47.5 Å². The molecule has 16 heavy (non-hydrogen) atoms.